The van der Waals surface area contributed by atoms with Crippen LogP contribution in [0.15, 0.2) is 36.9 Å². The highest BCUT2D eigenvalue weighted by molar-refractivity contribution is 7.99. The molecule has 1 atom stereocenters. The Kier molecular flexibility index (Phi) is 7.10. The quantitative estimate of drug-likeness (QED) is 0.477. The second-order valence-corrected chi connectivity index (χ2v) is 8.14. The number of nitrogens with zero attached hydrogens (tertiary/aromatic N) is 4. The van der Waals surface area contributed by atoms with Gasteiger partial charge in [0.1, 0.15) is 25.4 Å². The summed E-state index contributed by atoms with van der Waals surface area (Å²) in [6, 6.07) is 5.71. The zero-order chi connectivity index (χ0) is 22.3. The number of thioether (sulfide) groups is 1. The highest BCUT2D eigenvalue weighted by Crippen LogP contribution is 2.40. The predicted molar refractivity (Wildman–Crippen MR) is 123 cm³/mol. The lowest BCUT2D eigenvalue weighted by Crippen LogP contribution is -2.18. The van der Waals surface area contributed by atoms with Crippen molar-refractivity contribution in [3.05, 3.63) is 42.5 Å². The first kappa shape index (κ1) is 21.9. The van der Waals surface area contributed by atoms with E-state index in [1.807, 2.05) is 25.1 Å². The largest absolute Gasteiger partial charge is 0.491 e. The molecule has 4 heterocycles. The number of pyridine rings is 2. The summed E-state index contributed by atoms with van der Waals surface area (Å²) in [5, 5.41) is 3.53. The van der Waals surface area contributed by atoms with Crippen molar-refractivity contribution in [1.29, 1.82) is 0 Å². The maximum Gasteiger partial charge on any atom is 0.257 e. The lowest BCUT2D eigenvalue weighted by Gasteiger charge is -2.22. The van der Waals surface area contributed by atoms with Crippen LogP contribution in [0.1, 0.15) is 24.7 Å². The van der Waals surface area contributed by atoms with Crippen LogP contribution in [0.4, 0.5) is 5.82 Å². The Morgan fingerprint density at radius 1 is 1.16 bits per heavy atom. The van der Waals surface area contributed by atoms with E-state index in [9.17, 15) is 0 Å². The first-order chi connectivity index (χ1) is 15.7. The van der Waals surface area contributed by atoms with Crippen LogP contribution in [-0.2, 0) is 0 Å². The minimum Gasteiger partial charge on any atom is -0.491 e. The van der Waals surface area contributed by atoms with E-state index < -0.39 is 0 Å². The molecule has 4 rings (SSSR count). The van der Waals surface area contributed by atoms with Gasteiger partial charge in [0.2, 0.25) is 0 Å². The van der Waals surface area contributed by atoms with Gasteiger partial charge in [-0.05, 0) is 26.0 Å². The van der Waals surface area contributed by atoms with E-state index in [-0.39, 0.29) is 5.25 Å². The molecule has 0 spiro atoms. The molecule has 0 saturated carbocycles. The minimum absolute atomic E-state index is 0.182. The number of hydrogen-bond acceptors (Lipinski definition) is 10. The summed E-state index contributed by atoms with van der Waals surface area (Å²) in [5.74, 6) is 3.70. The van der Waals surface area contributed by atoms with Crippen molar-refractivity contribution in [2.45, 2.75) is 19.1 Å². The molecule has 0 bridgehead atoms. The Bertz CT molecular complexity index is 1070. The molecule has 1 aliphatic heterocycles. The second-order valence-electron chi connectivity index (χ2n) is 6.81. The lowest BCUT2D eigenvalue weighted by atomic mass is 10.2. The van der Waals surface area contributed by atoms with E-state index in [0.717, 1.165) is 28.4 Å². The third-order valence-electron chi connectivity index (χ3n) is 4.78. The van der Waals surface area contributed by atoms with Crippen LogP contribution in [0, 0.1) is 0 Å². The maximum atomic E-state index is 5.78. The van der Waals surface area contributed by atoms with Gasteiger partial charge in [0.25, 0.3) is 11.8 Å². The smallest absolute Gasteiger partial charge is 0.257 e. The summed E-state index contributed by atoms with van der Waals surface area (Å²) in [6.07, 6.45) is 4.99. The van der Waals surface area contributed by atoms with Crippen LogP contribution in [0.3, 0.4) is 0 Å². The van der Waals surface area contributed by atoms with Crippen LogP contribution in [0.5, 0.6) is 23.3 Å². The summed E-state index contributed by atoms with van der Waals surface area (Å²) < 4.78 is 22.2. The van der Waals surface area contributed by atoms with Crippen molar-refractivity contribution in [2.24, 2.45) is 0 Å². The Balaban J connectivity index is 1.41. The SMILES string of the molecule is CCOc1ncc(-c2cc(NCS[C@@H](C)c3ccnc4c3OCCO4)ncn2)cc1OC. The molecule has 0 aliphatic carbocycles. The van der Waals surface area contributed by atoms with E-state index in [2.05, 4.69) is 32.2 Å². The van der Waals surface area contributed by atoms with Crippen molar-refractivity contribution >= 4 is 17.6 Å². The summed E-state index contributed by atoms with van der Waals surface area (Å²) in [7, 11) is 1.59. The van der Waals surface area contributed by atoms with Gasteiger partial charge in [0.15, 0.2) is 11.5 Å². The molecule has 3 aromatic rings. The Morgan fingerprint density at radius 2 is 2.03 bits per heavy atom. The van der Waals surface area contributed by atoms with E-state index in [4.69, 9.17) is 18.9 Å². The number of aromatic nitrogens is 4. The van der Waals surface area contributed by atoms with E-state index in [1.165, 1.54) is 6.33 Å². The zero-order valence-corrected chi connectivity index (χ0v) is 19.0. The predicted octanol–water partition coefficient (Wildman–Crippen LogP) is 3.98. The van der Waals surface area contributed by atoms with Gasteiger partial charge < -0.3 is 24.3 Å². The van der Waals surface area contributed by atoms with Crippen LogP contribution in [0.2, 0.25) is 0 Å². The van der Waals surface area contributed by atoms with Crippen molar-refractivity contribution in [1.82, 2.24) is 19.9 Å². The number of ether oxygens (including phenoxy) is 4. The Morgan fingerprint density at radius 3 is 2.88 bits per heavy atom. The average Bonchev–Trinajstić information content (AvgIpc) is 2.84. The first-order valence-electron chi connectivity index (χ1n) is 10.3. The van der Waals surface area contributed by atoms with E-state index >= 15 is 0 Å². The number of fused-ring (bicyclic) bond motifs is 1. The molecule has 1 N–H and O–H groups in total. The maximum absolute atomic E-state index is 5.78. The molecule has 3 aromatic heterocycles. The summed E-state index contributed by atoms with van der Waals surface area (Å²) >= 11 is 1.73. The van der Waals surface area contributed by atoms with Crippen molar-refractivity contribution < 1.29 is 18.9 Å². The van der Waals surface area contributed by atoms with Crippen LogP contribution >= 0.6 is 11.8 Å². The standard InChI is InChI=1S/C22H25N5O4S/c1-4-29-21-18(28-3)9-15(11-24-21)17-10-19(26-12-25-17)27-13-32-14(2)16-5-6-23-22-20(16)30-7-8-31-22/h5-6,9-12,14H,4,7-8,13H2,1-3H3,(H,25,26,27)/t14-/m0/s1. The van der Waals surface area contributed by atoms with E-state index in [1.54, 1.807) is 31.3 Å². The molecule has 9 nitrogen and oxygen atoms in total. The Labute approximate surface area is 190 Å². The van der Waals surface area contributed by atoms with Gasteiger partial charge in [0.05, 0.1) is 25.3 Å². The lowest BCUT2D eigenvalue weighted by molar-refractivity contribution is 0.163. The average molecular weight is 456 g/mol. The fourth-order valence-corrected chi connectivity index (χ4v) is 4.05. The van der Waals surface area contributed by atoms with E-state index in [0.29, 0.717) is 43.2 Å². The molecule has 0 aromatic carbocycles. The van der Waals surface area contributed by atoms with Crippen LogP contribution in [-0.4, -0.2) is 52.7 Å². The van der Waals surface area contributed by atoms with Gasteiger partial charge in [-0.3, -0.25) is 0 Å². The molecular weight excluding hydrogens is 430 g/mol. The monoisotopic (exact) mass is 455 g/mol. The van der Waals surface area contributed by atoms with Crippen molar-refractivity contribution in [3.63, 3.8) is 0 Å². The number of hydrogen-bond donors (Lipinski definition) is 1. The van der Waals surface area contributed by atoms with Crippen LogP contribution in [0.25, 0.3) is 11.3 Å². The van der Waals surface area contributed by atoms with Gasteiger partial charge in [-0.2, -0.15) is 0 Å². The topological polar surface area (TPSA) is 101 Å². The molecule has 0 amide bonds. The summed E-state index contributed by atoms with van der Waals surface area (Å²) in [6.45, 7) is 5.61. The van der Waals surface area contributed by atoms with Crippen molar-refractivity contribution in [2.75, 3.05) is 38.1 Å². The number of rotatable bonds is 9. The molecule has 1 aliphatic rings. The zero-order valence-electron chi connectivity index (χ0n) is 18.2. The molecule has 168 valence electrons. The van der Waals surface area contributed by atoms with Crippen molar-refractivity contribution in [3.8, 4) is 34.5 Å². The summed E-state index contributed by atoms with van der Waals surface area (Å²) in [4.78, 5) is 17.3. The van der Waals surface area contributed by atoms with Gasteiger partial charge >= 0.3 is 0 Å². The fourth-order valence-electron chi connectivity index (χ4n) is 3.20. The number of methoxy groups -OCH3 is 1. The normalized spacial score (nSPS) is 13.3. The van der Waals surface area contributed by atoms with Gasteiger partial charge in [-0.1, -0.05) is 0 Å². The molecule has 10 heteroatoms. The Hall–Kier alpha value is -3.27. The molecule has 0 unspecified atom stereocenters. The third-order valence-corrected chi connectivity index (χ3v) is 5.84. The molecule has 0 radical (unpaired) electrons. The number of anilines is 1. The minimum atomic E-state index is 0.182. The molecular formula is C22H25N5O4S. The van der Waals surface area contributed by atoms with Gasteiger partial charge in [-0.15, -0.1) is 11.8 Å². The van der Waals surface area contributed by atoms with Crippen LogP contribution < -0.4 is 24.3 Å². The fraction of sp³-hybridized carbons (Fsp3) is 0.364. The third kappa shape index (κ3) is 4.96. The molecule has 0 saturated heterocycles. The highest BCUT2D eigenvalue weighted by Gasteiger charge is 2.21. The molecule has 0 fully saturated rings. The molecule has 32 heavy (non-hydrogen) atoms. The van der Waals surface area contributed by atoms with Gasteiger partial charge in [-0.25, -0.2) is 19.9 Å². The van der Waals surface area contributed by atoms with Gasteiger partial charge in [0, 0.05) is 34.8 Å². The summed E-state index contributed by atoms with van der Waals surface area (Å²) in [5.41, 5.74) is 2.62. The number of nitrogens with one attached hydrogen (secondary N) is 1. The second kappa shape index (κ2) is 10.4. The highest BCUT2D eigenvalue weighted by atomic mass is 32.2. The first-order valence-corrected chi connectivity index (χ1v) is 11.3.